The molecule has 0 saturated carbocycles. The largest absolute Gasteiger partial charge is 0.265 e. The van der Waals surface area contributed by atoms with Crippen LogP contribution in [-0.4, -0.2) is 20.0 Å². The van der Waals surface area contributed by atoms with Crippen LogP contribution in [-0.2, 0) is 6.54 Å². The molecule has 15 heavy (non-hydrogen) atoms. The molecule has 0 aliphatic carbocycles. The van der Waals surface area contributed by atoms with Gasteiger partial charge in [-0.3, -0.25) is 4.98 Å². The average Bonchev–Trinajstić information content (AvgIpc) is 2.67. The molecule has 5 heteroatoms. The van der Waals surface area contributed by atoms with E-state index < -0.39 is 0 Å². The molecule has 2 aromatic heterocycles. The first-order valence-electron chi connectivity index (χ1n) is 4.68. The number of hydrogen-bond donors (Lipinski definition) is 0. The van der Waals surface area contributed by atoms with Crippen molar-refractivity contribution in [1.29, 1.82) is 0 Å². The van der Waals surface area contributed by atoms with Gasteiger partial charge in [0, 0.05) is 12.4 Å². The standard InChI is InChI=1S/C10H11ClN4/c1-8(11)10-6-13-14-15(10)7-9-2-4-12-5-3-9/h2-6,8H,7H2,1H3. The highest BCUT2D eigenvalue weighted by Gasteiger charge is 2.09. The first kappa shape index (κ1) is 10.1. The maximum absolute atomic E-state index is 6.00. The fourth-order valence-corrected chi connectivity index (χ4v) is 1.53. The number of halogens is 1. The van der Waals surface area contributed by atoms with Gasteiger partial charge in [-0.2, -0.15) is 0 Å². The van der Waals surface area contributed by atoms with Crippen molar-refractivity contribution in [3.63, 3.8) is 0 Å². The van der Waals surface area contributed by atoms with Gasteiger partial charge >= 0.3 is 0 Å². The van der Waals surface area contributed by atoms with Gasteiger partial charge in [-0.1, -0.05) is 5.21 Å². The minimum atomic E-state index is -0.0816. The summed E-state index contributed by atoms with van der Waals surface area (Å²) in [4.78, 5) is 3.96. The molecule has 2 aromatic rings. The molecule has 2 rings (SSSR count). The van der Waals surface area contributed by atoms with Crippen LogP contribution in [0.15, 0.2) is 30.7 Å². The summed E-state index contributed by atoms with van der Waals surface area (Å²) >= 11 is 6.00. The summed E-state index contributed by atoms with van der Waals surface area (Å²) in [5.41, 5.74) is 2.06. The lowest BCUT2D eigenvalue weighted by atomic mass is 10.2. The van der Waals surface area contributed by atoms with E-state index in [0.29, 0.717) is 6.54 Å². The summed E-state index contributed by atoms with van der Waals surface area (Å²) in [6.45, 7) is 2.58. The van der Waals surface area contributed by atoms with Crippen LogP contribution in [0.25, 0.3) is 0 Å². The summed E-state index contributed by atoms with van der Waals surface area (Å²) in [6.07, 6.45) is 5.21. The third-order valence-electron chi connectivity index (χ3n) is 2.14. The second-order valence-electron chi connectivity index (χ2n) is 3.29. The summed E-state index contributed by atoms with van der Waals surface area (Å²) in [6, 6.07) is 3.90. The molecule has 0 aliphatic heterocycles. The minimum Gasteiger partial charge on any atom is -0.265 e. The third-order valence-corrected chi connectivity index (χ3v) is 2.36. The first-order chi connectivity index (χ1) is 7.27. The van der Waals surface area contributed by atoms with Gasteiger partial charge in [0.15, 0.2) is 0 Å². The van der Waals surface area contributed by atoms with Crippen molar-refractivity contribution < 1.29 is 0 Å². The van der Waals surface area contributed by atoms with E-state index in [-0.39, 0.29) is 5.38 Å². The van der Waals surface area contributed by atoms with Crippen molar-refractivity contribution in [2.45, 2.75) is 18.8 Å². The lowest BCUT2D eigenvalue weighted by Crippen LogP contribution is -2.06. The number of rotatable bonds is 3. The maximum atomic E-state index is 6.00. The summed E-state index contributed by atoms with van der Waals surface area (Å²) in [5.74, 6) is 0. The fraction of sp³-hybridized carbons (Fsp3) is 0.300. The highest BCUT2D eigenvalue weighted by Crippen LogP contribution is 2.18. The average molecular weight is 223 g/mol. The molecule has 0 aliphatic rings. The van der Waals surface area contributed by atoms with Crippen LogP contribution in [0.4, 0.5) is 0 Å². The van der Waals surface area contributed by atoms with Gasteiger partial charge in [-0.15, -0.1) is 16.7 Å². The van der Waals surface area contributed by atoms with Crippen LogP contribution in [0.5, 0.6) is 0 Å². The number of aromatic nitrogens is 4. The third kappa shape index (κ3) is 2.33. The monoisotopic (exact) mass is 222 g/mol. The van der Waals surface area contributed by atoms with Gasteiger partial charge in [-0.05, 0) is 24.6 Å². The van der Waals surface area contributed by atoms with Crippen LogP contribution in [0.1, 0.15) is 23.6 Å². The lowest BCUT2D eigenvalue weighted by molar-refractivity contribution is 0.618. The van der Waals surface area contributed by atoms with Gasteiger partial charge in [0.25, 0.3) is 0 Å². The van der Waals surface area contributed by atoms with Crippen molar-refractivity contribution in [2.24, 2.45) is 0 Å². The quantitative estimate of drug-likeness (QED) is 0.747. The summed E-state index contributed by atoms with van der Waals surface area (Å²) in [5, 5.41) is 7.77. The lowest BCUT2D eigenvalue weighted by Gasteiger charge is -2.06. The molecule has 0 spiro atoms. The summed E-state index contributed by atoms with van der Waals surface area (Å²) < 4.78 is 1.80. The van der Waals surface area contributed by atoms with Crippen LogP contribution < -0.4 is 0 Å². The van der Waals surface area contributed by atoms with Crippen molar-refractivity contribution in [2.75, 3.05) is 0 Å². The molecule has 0 bridgehead atoms. The molecule has 0 saturated heterocycles. The van der Waals surface area contributed by atoms with E-state index in [9.17, 15) is 0 Å². The Labute approximate surface area is 92.9 Å². The van der Waals surface area contributed by atoms with Gasteiger partial charge in [-0.25, -0.2) is 4.68 Å². The Morgan fingerprint density at radius 2 is 2.13 bits per heavy atom. The van der Waals surface area contributed by atoms with E-state index in [1.807, 2.05) is 19.1 Å². The number of nitrogens with zero attached hydrogens (tertiary/aromatic N) is 4. The van der Waals surface area contributed by atoms with Gasteiger partial charge in [0.2, 0.25) is 0 Å². The molecule has 78 valence electrons. The van der Waals surface area contributed by atoms with E-state index in [2.05, 4.69) is 15.3 Å². The van der Waals surface area contributed by atoms with E-state index in [4.69, 9.17) is 11.6 Å². The Kier molecular flexibility index (Phi) is 2.97. The topological polar surface area (TPSA) is 43.6 Å². The highest BCUT2D eigenvalue weighted by molar-refractivity contribution is 6.20. The Hall–Kier alpha value is -1.42. The van der Waals surface area contributed by atoms with Gasteiger partial charge < -0.3 is 0 Å². The fourth-order valence-electron chi connectivity index (χ4n) is 1.36. The van der Waals surface area contributed by atoms with E-state index in [1.165, 1.54) is 0 Å². The molecule has 4 nitrogen and oxygen atoms in total. The Balaban J connectivity index is 2.21. The summed E-state index contributed by atoms with van der Waals surface area (Å²) in [7, 11) is 0. The molecule has 0 amide bonds. The predicted octanol–water partition coefficient (Wildman–Crippen LogP) is 2.02. The second kappa shape index (κ2) is 4.40. The Bertz CT molecular complexity index is 424. The van der Waals surface area contributed by atoms with Crippen LogP contribution in [0.2, 0.25) is 0 Å². The van der Waals surface area contributed by atoms with E-state index in [0.717, 1.165) is 11.3 Å². The molecule has 0 N–H and O–H groups in total. The molecule has 0 aromatic carbocycles. The number of alkyl halides is 1. The van der Waals surface area contributed by atoms with Crippen LogP contribution >= 0.6 is 11.6 Å². The van der Waals surface area contributed by atoms with Crippen molar-refractivity contribution >= 4 is 11.6 Å². The van der Waals surface area contributed by atoms with Crippen molar-refractivity contribution in [3.8, 4) is 0 Å². The zero-order valence-electron chi connectivity index (χ0n) is 8.34. The van der Waals surface area contributed by atoms with Crippen molar-refractivity contribution in [3.05, 3.63) is 42.0 Å². The molecule has 1 atom stereocenters. The zero-order chi connectivity index (χ0) is 10.7. The van der Waals surface area contributed by atoms with Gasteiger partial charge in [0.1, 0.15) is 0 Å². The van der Waals surface area contributed by atoms with E-state index in [1.54, 1.807) is 23.3 Å². The zero-order valence-corrected chi connectivity index (χ0v) is 9.09. The predicted molar refractivity (Wildman–Crippen MR) is 57.6 cm³/mol. The number of pyridine rings is 1. The Morgan fingerprint density at radius 3 is 2.80 bits per heavy atom. The molecule has 0 radical (unpaired) electrons. The highest BCUT2D eigenvalue weighted by atomic mass is 35.5. The first-order valence-corrected chi connectivity index (χ1v) is 5.12. The Morgan fingerprint density at radius 1 is 1.40 bits per heavy atom. The van der Waals surface area contributed by atoms with Crippen LogP contribution in [0, 0.1) is 0 Å². The second-order valence-corrected chi connectivity index (χ2v) is 3.94. The molecule has 1 unspecified atom stereocenters. The normalized spacial score (nSPS) is 12.7. The van der Waals surface area contributed by atoms with Crippen LogP contribution in [0.3, 0.4) is 0 Å². The minimum absolute atomic E-state index is 0.0816. The van der Waals surface area contributed by atoms with Crippen molar-refractivity contribution in [1.82, 2.24) is 20.0 Å². The molecule has 0 fully saturated rings. The number of hydrogen-bond acceptors (Lipinski definition) is 3. The maximum Gasteiger partial charge on any atom is 0.0766 e. The van der Waals surface area contributed by atoms with E-state index >= 15 is 0 Å². The molecule has 2 heterocycles. The smallest absolute Gasteiger partial charge is 0.0766 e. The SMILES string of the molecule is CC(Cl)c1cnnn1Cc1ccncc1. The van der Waals surface area contributed by atoms with Gasteiger partial charge in [0.05, 0.1) is 23.8 Å². The molecular formula is C10H11ClN4. The molecular weight excluding hydrogens is 212 g/mol.